The monoisotopic (exact) mass is 298 g/mol. The summed E-state index contributed by atoms with van der Waals surface area (Å²) in [5.41, 5.74) is 2.50. The molecule has 0 spiro atoms. The smallest absolute Gasteiger partial charge is 0.138 e. The van der Waals surface area contributed by atoms with E-state index in [2.05, 4.69) is 16.9 Å². The van der Waals surface area contributed by atoms with Crippen LogP contribution in [0.5, 0.6) is 5.75 Å². The lowest BCUT2D eigenvalue weighted by molar-refractivity contribution is 0.305. The minimum absolute atomic E-state index is 0.316. The van der Waals surface area contributed by atoms with Crippen LogP contribution in [0.15, 0.2) is 42.5 Å². The van der Waals surface area contributed by atoms with Gasteiger partial charge in [-0.05, 0) is 30.7 Å². The van der Waals surface area contributed by atoms with E-state index in [1.807, 2.05) is 30.3 Å². The van der Waals surface area contributed by atoms with Crippen molar-refractivity contribution in [3.8, 4) is 17.1 Å². The first kappa shape index (κ1) is 14.6. The summed E-state index contributed by atoms with van der Waals surface area (Å²) in [4.78, 5) is 7.71. The second-order valence-corrected chi connectivity index (χ2v) is 5.33. The van der Waals surface area contributed by atoms with Crippen LogP contribution in [0.4, 0.5) is 4.39 Å². The van der Waals surface area contributed by atoms with E-state index in [4.69, 9.17) is 4.74 Å². The minimum atomic E-state index is -0.316. The maximum atomic E-state index is 13.8. The van der Waals surface area contributed by atoms with Gasteiger partial charge >= 0.3 is 0 Å². The molecule has 3 rings (SSSR count). The van der Waals surface area contributed by atoms with E-state index in [0.29, 0.717) is 23.7 Å². The van der Waals surface area contributed by atoms with Crippen LogP contribution in [0.1, 0.15) is 26.2 Å². The molecule has 3 aromatic rings. The first-order valence-corrected chi connectivity index (χ1v) is 7.65. The fourth-order valence-corrected chi connectivity index (χ4v) is 2.41. The summed E-state index contributed by atoms with van der Waals surface area (Å²) in [5.74, 6) is 0.883. The molecule has 1 heterocycles. The lowest BCUT2D eigenvalue weighted by atomic mass is 10.2. The number of halogens is 1. The van der Waals surface area contributed by atoms with E-state index in [1.165, 1.54) is 12.1 Å². The largest absolute Gasteiger partial charge is 0.493 e. The third-order valence-electron chi connectivity index (χ3n) is 3.55. The van der Waals surface area contributed by atoms with Crippen LogP contribution >= 0.6 is 0 Å². The van der Waals surface area contributed by atoms with Crippen molar-refractivity contribution in [3.05, 3.63) is 48.3 Å². The number of nitrogens with one attached hydrogen (secondary N) is 1. The third kappa shape index (κ3) is 3.27. The Morgan fingerprint density at radius 2 is 2.00 bits per heavy atom. The minimum Gasteiger partial charge on any atom is -0.493 e. The molecule has 0 radical (unpaired) electrons. The summed E-state index contributed by atoms with van der Waals surface area (Å²) >= 11 is 0. The Morgan fingerprint density at radius 3 is 2.82 bits per heavy atom. The number of aromatic amines is 1. The summed E-state index contributed by atoms with van der Waals surface area (Å²) in [6, 6.07) is 12.5. The summed E-state index contributed by atoms with van der Waals surface area (Å²) < 4.78 is 19.5. The van der Waals surface area contributed by atoms with Gasteiger partial charge in [0, 0.05) is 11.6 Å². The SMILES string of the molecule is CCCCCOc1cc(F)cc(-c2nc3ccccc3[nH]2)c1. The number of benzene rings is 2. The number of fused-ring (bicyclic) bond motifs is 1. The van der Waals surface area contributed by atoms with Crippen LogP contribution in [0.2, 0.25) is 0 Å². The van der Waals surface area contributed by atoms with Gasteiger partial charge in [0.25, 0.3) is 0 Å². The first-order valence-electron chi connectivity index (χ1n) is 7.65. The molecular formula is C18H19FN2O. The topological polar surface area (TPSA) is 37.9 Å². The Labute approximate surface area is 129 Å². The van der Waals surface area contributed by atoms with Crippen molar-refractivity contribution in [2.75, 3.05) is 6.61 Å². The lowest BCUT2D eigenvalue weighted by Crippen LogP contribution is -1.98. The molecule has 114 valence electrons. The zero-order valence-corrected chi connectivity index (χ0v) is 12.6. The van der Waals surface area contributed by atoms with E-state index in [-0.39, 0.29) is 5.82 Å². The highest BCUT2D eigenvalue weighted by molar-refractivity contribution is 5.79. The number of ether oxygens (including phenoxy) is 1. The predicted molar refractivity (Wildman–Crippen MR) is 86.5 cm³/mol. The molecule has 0 saturated carbocycles. The van der Waals surface area contributed by atoms with Crippen LogP contribution in [0, 0.1) is 5.82 Å². The van der Waals surface area contributed by atoms with Crippen LogP contribution in [-0.2, 0) is 0 Å². The molecule has 0 aliphatic rings. The molecule has 0 aliphatic carbocycles. The van der Waals surface area contributed by atoms with Crippen LogP contribution in [0.25, 0.3) is 22.4 Å². The second kappa shape index (κ2) is 6.60. The van der Waals surface area contributed by atoms with Crippen molar-refractivity contribution in [3.63, 3.8) is 0 Å². The van der Waals surface area contributed by atoms with Crippen LogP contribution < -0.4 is 4.74 Å². The molecule has 0 fully saturated rings. The Bertz CT molecular complexity index is 734. The number of para-hydroxylation sites is 2. The number of imidazole rings is 1. The molecule has 1 N–H and O–H groups in total. The number of nitrogens with zero attached hydrogens (tertiary/aromatic N) is 1. The van der Waals surface area contributed by atoms with Gasteiger partial charge in [0.1, 0.15) is 17.4 Å². The van der Waals surface area contributed by atoms with E-state index < -0.39 is 0 Å². The van der Waals surface area contributed by atoms with Crippen molar-refractivity contribution < 1.29 is 9.13 Å². The Balaban J connectivity index is 1.85. The molecule has 4 heteroatoms. The zero-order chi connectivity index (χ0) is 15.4. The third-order valence-corrected chi connectivity index (χ3v) is 3.55. The summed E-state index contributed by atoms with van der Waals surface area (Å²) in [6.07, 6.45) is 3.23. The number of H-pyrrole nitrogens is 1. The van der Waals surface area contributed by atoms with E-state index in [1.54, 1.807) is 0 Å². The van der Waals surface area contributed by atoms with Crippen molar-refractivity contribution in [1.29, 1.82) is 0 Å². The maximum Gasteiger partial charge on any atom is 0.138 e. The van der Waals surface area contributed by atoms with Gasteiger partial charge in [-0.3, -0.25) is 0 Å². The molecule has 1 aromatic heterocycles. The van der Waals surface area contributed by atoms with Crippen molar-refractivity contribution in [2.24, 2.45) is 0 Å². The van der Waals surface area contributed by atoms with Crippen molar-refractivity contribution >= 4 is 11.0 Å². The summed E-state index contributed by atoms with van der Waals surface area (Å²) in [6.45, 7) is 2.75. The average molecular weight is 298 g/mol. The molecule has 0 unspecified atom stereocenters. The van der Waals surface area contributed by atoms with E-state index >= 15 is 0 Å². The molecule has 0 saturated heterocycles. The standard InChI is InChI=1S/C18H19FN2O/c1-2-3-6-9-22-15-11-13(10-14(19)12-15)18-20-16-7-4-5-8-17(16)21-18/h4-5,7-8,10-12H,2-3,6,9H2,1H3,(H,20,21). The van der Waals surface area contributed by atoms with Gasteiger partial charge in [-0.25, -0.2) is 9.37 Å². The Morgan fingerprint density at radius 1 is 1.14 bits per heavy atom. The zero-order valence-electron chi connectivity index (χ0n) is 12.6. The predicted octanol–water partition coefficient (Wildman–Crippen LogP) is 4.94. The van der Waals surface area contributed by atoms with Crippen LogP contribution in [-0.4, -0.2) is 16.6 Å². The molecule has 2 aromatic carbocycles. The van der Waals surface area contributed by atoms with E-state index in [9.17, 15) is 4.39 Å². The quantitative estimate of drug-likeness (QED) is 0.655. The molecule has 0 bridgehead atoms. The fourth-order valence-electron chi connectivity index (χ4n) is 2.41. The molecule has 0 atom stereocenters. The second-order valence-electron chi connectivity index (χ2n) is 5.33. The highest BCUT2D eigenvalue weighted by Crippen LogP contribution is 2.25. The van der Waals surface area contributed by atoms with Crippen molar-refractivity contribution in [1.82, 2.24) is 9.97 Å². The van der Waals surface area contributed by atoms with Crippen molar-refractivity contribution in [2.45, 2.75) is 26.2 Å². The number of hydrogen-bond donors (Lipinski definition) is 1. The van der Waals surface area contributed by atoms with Gasteiger partial charge < -0.3 is 9.72 Å². The Hall–Kier alpha value is -2.36. The van der Waals surface area contributed by atoms with Gasteiger partial charge in [-0.1, -0.05) is 31.9 Å². The molecular weight excluding hydrogens is 279 g/mol. The summed E-state index contributed by atoms with van der Waals surface area (Å²) in [5, 5.41) is 0. The summed E-state index contributed by atoms with van der Waals surface area (Å²) in [7, 11) is 0. The Kier molecular flexibility index (Phi) is 4.37. The average Bonchev–Trinajstić information content (AvgIpc) is 2.95. The molecule has 3 nitrogen and oxygen atoms in total. The molecule has 22 heavy (non-hydrogen) atoms. The number of rotatable bonds is 6. The van der Waals surface area contributed by atoms with E-state index in [0.717, 1.165) is 30.3 Å². The first-order chi connectivity index (χ1) is 10.8. The normalized spacial score (nSPS) is 11.0. The molecule has 0 aliphatic heterocycles. The number of hydrogen-bond acceptors (Lipinski definition) is 2. The number of unbranched alkanes of at least 4 members (excludes halogenated alkanes) is 2. The number of aromatic nitrogens is 2. The van der Waals surface area contributed by atoms with Gasteiger partial charge in [0.2, 0.25) is 0 Å². The fraction of sp³-hybridized carbons (Fsp3) is 0.278. The van der Waals surface area contributed by atoms with Gasteiger partial charge in [-0.15, -0.1) is 0 Å². The van der Waals surface area contributed by atoms with Crippen LogP contribution in [0.3, 0.4) is 0 Å². The van der Waals surface area contributed by atoms with Gasteiger partial charge in [-0.2, -0.15) is 0 Å². The highest BCUT2D eigenvalue weighted by atomic mass is 19.1. The lowest BCUT2D eigenvalue weighted by Gasteiger charge is -2.07. The maximum absolute atomic E-state index is 13.8. The van der Waals surface area contributed by atoms with Gasteiger partial charge in [0.05, 0.1) is 17.6 Å². The molecule has 0 amide bonds. The highest BCUT2D eigenvalue weighted by Gasteiger charge is 2.08. The van der Waals surface area contributed by atoms with Gasteiger partial charge in [0.15, 0.2) is 0 Å².